The first kappa shape index (κ1) is 19.8. The fourth-order valence-corrected chi connectivity index (χ4v) is 3.83. The minimum absolute atomic E-state index is 0.00892. The third-order valence-electron chi connectivity index (χ3n) is 5.32. The number of hydrogen-bond donors (Lipinski definition) is 1. The number of rotatable bonds is 6. The maximum absolute atomic E-state index is 13.0. The van der Waals surface area contributed by atoms with Gasteiger partial charge in [0.1, 0.15) is 5.69 Å². The second-order valence-electron chi connectivity index (χ2n) is 7.58. The van der Waals surface area contributed by atoms with Gasteiger partial charge in [0.05, 0.1) is 24.5 Å². The molecule has 1 atom stereocenters. The fourth-order valence-electron chi connectivity index (χ4n) is 3.83. The van der Waals surface area contributed by atoms with E-state index in [2.05, 4.69) is 20.7 Å². The van der Waals surface area contributed by atoms with Gasteiger partial charge < -0.3 is 10.2 Å². The Morgan fingerprint density at radius 1 is 1.23 bits per heavy atom. The zero-order valence-electron chi connectivity index (χ0n) is 17.2. The highest BCUT2D eigenvalue weighted by Crippen LogP contribution is 2.21. The van der Waals surface area contributed by atoms with Crippen LogP contribution in [-0.4, -0.2) is 54.1 Å². The Bertz CT molecular complexity index is 1040. The molecule has 1 N–H and O–H groups in total. The molecule has 9 nitrogen and oxygen atoms in total. The Morgan fingerprint density at radius 3 is 2.77 bits per heavy atom. The van der Waals surface area contributed by atoms with Crippen LogP contribution in [-0.2, 0) is 20.1 Å². The van der Waals surface area contributed by atoms with Gasteiger partial charge >= 0.3 is 0 Å². The second kappa shape index (κ2) is 8.48. The van der Waals surface area contributed by atoms with Gasteiger partial charge in [-0.05, 0) is 31.4 Å². The van der Waals surface area contributed by atoms with Crippen molar-refractivity contribution < 1.29 is 9.59 Å². The van der Waals surface area contributed by atoms with Crippen LogP contribution in [0.5, 0.6) is 0 Å². The van der Waals surface area contributed by atoms with Gasteiger partial charge in [0.15, 0.2) is 5.69 Å². The number of aromatic nitrogens is 5. The van der Waals surface area contributed by atoms with Crippen molar-refractivity contribution in [3.05, 3.63) is 65.2 Å². The number of hydrogen-bond acceptors (Lipinski definition) is 5. The monoisotopic (exact) mass is 407 g/mol. The molecule has 1 unspecified atom stereocenters. The summed E-state index contributed by atoms with van der Waals surface area (Å²) in [6.07, 6.45) is 3.46. The molecule has 0 saturated carbocycles. The summed E-state index contributed by atoms with van der Waals surface area (Å²) in [6, 6.07) is 11.5. The molecule has 3 aromatic rings. The molecule has 156 valence electrons. The molecule has 0 spiro atoms. The summed E-state index contributed by atoms with van der Waals surface area (Å²) in [5, 5.41) is 15.2. The maximum Gasteiger partial charge on any atom is 0.273 e. The highest BCUT2D eigenvalue weighted by atomic mass is 16.2. The molecule has 4 rings (SSSR count). The van der Waals surface area contributed by atoms with Crippen LogP contribution in [0.1, 0.15) is 45.1 Å². The number of nitrogens with one attached hydrogen (secondary N) is 1. The van der Waals surface area contributed by atoms with Gasteiger partial charge in [-0.2, -0.15) is 5.10 Å². The largest absolute Gasteiger partial charge is 0.347 e. The number of nitrogens with zero attached hydrogens (tertiary/aromatic N) is 6. The predicted molar refractivity (Wildman–Crippen MR) is 110 cm³/mol. The van der Waals surface area contributed by atoms with Crippen LogP contribution in [0.3, 0.4) is 0 Å². The summed E-state index contributed by atoms with van der Waals surface area (Å²) in [5.74, 6) is -0.295. The summed E-state index contributed by atoms with van der Waals surface area (Å²) in [7, 11) is 1.78. The molecule has 0 bridgehead atoms. The molecule has 1 aromatic carbocycles. The van der Waals surface area contributed by atoms with Crippen LogP contribution in [0.25, 0.3) is 0 Å². The summed E-state index contributed by atoms with van der Waals surface area (Å²) in [4.78, 5) is 27.2. The Morgan fingerprint density at radius 2 is 2.03 bits per heavy atom. The summed E-state index contributed by atoms with van der Waals surface area (Å²) < 4.78 is 3.26. The maximum atomic E-state index is 13.0. The van der Waals surface area contributed by atoms with E-state index in [1.54, 1.807) is 22.6 Å². The van der Waals surface area contributed by atoms with Crippen molar-refractivity contribution in [3.8, 4) is 0 Å². The smallest absolute Gasteiger partial charge is 0.273 e. The Balaban J connectivity index is 1.38. The lowest BCUT2D eigenvalue weighted by molar-refractivity contribution is 0.0709. The lowest BCUT2D eigenvalue weighted by Crippen LogP contribution is -2.39. The fraction of sp³-hybridized carbons (Fsp3) is 0.381. The van der Waals surface area contributed by atoms with Gasteiger partial charge in [0.25, 0.3) is 11.8 Å². The van der Waals surface area contributed by atoms with Crippen LogP contribution in [0.2, 0.25) is 0 Å². The highest BCUT2D eigenvalue weighted by Gasteiger charge is 2.31. The average molecular weight is 407 g/mol. The molecule has 3 heterocycles. The van der Waals surface area contributed by atoms with Gasteiger partial charge in [-0.3, -0.25) is 14.3 Å². The number of amides is 2. The topological polar surface area (TPSA) is 97.9 Å². The van der Waals surface area contributed by atoms with Crippen LogP contribution < -0.4 is 5.32 Å². The Labute approximate surface area is 174 Å². The summed E-state index contributed by atoms with van der Waals surface area (Å²) in [6.45, 7) is 3.51. The van der Waals surface area contributed by atoms with E-state index in [1.165, 1.54) is 0 Å². The molecule has 1 aliphatic heterocycles. The molecule has 1 saturated heterocycles. The zero-order valence-corrected chi connectivity index (χ0v) is 17.2. The highest BCUT2D eigenvalue weighted by molar-refractivity contribution is 5.93. The van der Waals surface area contributed by atoms with Crippen molar-refractivity contribution in [1.82, 2.24) is 35.0 Å². The van der Waals surface area contributed by atoms with E-state index in [-0.39, 0.29) is 23.6 Å². The number of carbonyl (C=O) groups excluding carboxylic acids is 2. The first-order valence-electron chi connectivity index (χ1n) is 10.0. The van der Waals surface area contributed by atoms with Gasteiger partial charge in [-0.1, -0.05) is 35.5 Å². The SMILES string of the molecule is Cc1cc(C(=O)N2CCCC2Cn2cc(C(=O)NCc3ccccc3)nn2)n(C)n1. The summed E-state index contributed by atoms with van der Waals surface area (Å²) in [5.41, 5.74) is 2.69. The van der Waals surface area contributed by atoms with Crippen LogP contribution in [0.4, 0.5) is 0 Å². The number of aryl methyl sites for hydroxylation is 2. The standard InChI is InChI=1S/C21H25N7O2/c1-15-11-19(26(2)24-15)21(30)28-10-6-9-17(28)13-27-14-18(23-25-27)20(29)22-12-16-7-4-3-5-8-16/h3-5,7-8,11,14,17H,6,9-10,12-13H2,1-2H3,(H,22,29). The van der Waals surface area contributed by atoms with Crippen molar-refractivity contribution in [2.45, 2.75) is 38.9 Å². The van der Waals surface area contributed by atoms with Gasteiger partial charge in [0.2, 0.25) is 0 Å². The predicted octanol–water partition coefficient (Wildman–Crippen LogP) is 1.55. The quantitative estimate of drug-likeness (QED) is 0.669. The number of benzene rings is 1. The van der Waals surface area contributed by atoms with Gasteiger partial charge in [-0.25, -0.2) is 4.68 Å². The molecule has 1 fully saturated rings. The molecule has 2 amide bonds. The van der Waals surface area contributed by atoms with E-state index in [1.807, 2.05) is 48.2 Å². The molecule has 2 aromatic heterocycles. The third kappa shape index (κ3) is 4.24. The number of likely N-dealkylation sites (tertiary alicyclic amines) is 1. The van der Waals surface area contributed by atoms with E-state index in [4.69, 9.17) is 0 Å². The first-order chi connectivity index (χ1) is 14.5. The van der Waals surface area contributed by atoms with Gasteiger partial charge in [0, 0.05) is 20.1 Å². The van der Waals surface area contributed by atoms with E-state index in [0.717, 1.165) is 24.1 Å². The van der Waals surface area contributed by atoms with E-state index in [0.29, 0.717) is 25.3 Å². The van der Waals surface area contributed by atoms with Crippen molar-refractivity contribution in [2.24, 2.45) is 7.05 Å². The number of carbonyl (C=O) groups is 2. The van der Waals surface area contributed by atoms with E-state index in [9.17, 15) is 9.59 Å². The second-order valence-corrected chi connectivity index (χ2v) is 7.58. The first-order valence-corrected chi connectivity index (χ1v) is 10.0. The molecular weight excluding hydrogens is 382 g/mol. The lowest BCUT2D eigenvalue weighted by atomic mass is 10.2. The molecule has 30 heavy (non-hydrogen) atoms. The van der Waals surface area contributed by atoms with Crippen molar-refractivity contribution in [3.63, 3.8) is 0 Å². The normalized spacial score (nSPS) is 16.1. The Hall–Kier alpha value is -3.49. The van der Waals surface area contributed by atoms with Crippen LogP contribution in [0.15, 0.2) is 42.6 Å². The summed E-state index contributed by atoms with van der Waals surface area (Å²) >= 11 is 0. The van der Waals surface area contributed by atoms with Crippen LogP contribution in [0, 0.1) is 6.92 Å². The molecule has 0 aliphatic carbocycles. The minimum Gasteiger partial charge on any atom is -0.347 e. The third-order valence-corrected chi connectivity index (χ3v) is 5.32. The zero-order chi connectivity index (χ0) is 21.1. The molecule has 9 heteroatoms. The van der Waals surface area contributed by atoms with E-state index >= 15 is 0 Å². The van der Waals surface area contributed by atoms with Crippen molar-refractivity contribution >= 4 is 11.8 Å². The van der Waals surface area contributed by atoms with Crippen LogP contribution >= 0.6 is 0 Å². The van der Waals surface area contributed by atoms with E-state index < -0.39 is 0 Å². The molecular formula is C21H25N7O2. The van der Waals surface area contributed by atoms with Gasteiger partial charge in [-0.15, -0.1) is 5.10 Å². The van der Waals surface area contributed by atoms with Crippen molar-refractivity contribution in [2.75, 3.05) is 6.54 Å². The lowest BCUT2D eigenvalue weighted by Gasteiger charge is -2.24. The van der Waals surface area contributed by atoms with Crippen molar-refractivity contribution in [1.29, 1.82) is 0 Å². The molecule has 0 radical (unpaired) electrons. The average Bonchev–Trinajstić information content (AvgIpc) is 3.47. The Kier molecular flexibility index (Phi) is 5.60. The molecule has 1 aliphatic rings. The minimum atomic E-state index is -0.269.